The molecular formula is C14H23N3O3S. The molecule has 1 fully saturated rings. The van der Waals surface area contributed by atoms with E-state index in [0.29, 0.717) is 18.9 Å². The molecule has 1 aromatic rings. The Kier molecular flexibility index (Phi) is 5.81. The van der Waals surface area contributed by atoms with Gasteiger partial charge in [0.25, 0.3) is 0 Å². The number of thiazole rings is 1. The third-order valence-electron chi connectivity index (χ3n) is 3.47. The molecule has 118 valence electrons. The number of aromatic nitrogens is 1. The molecule has 1 aliphatic heterocycles. The van der Waals surface area contributed by atoms with Crippen molar-refractivity contribution in [3.05, 3.63) is 4.88 Å². The number of hydrogen-bond donors (Lipinski definition) is 1. The van der Waals surface area contributed by atoms with Crippen molar-refractivity contribution in [3.63, 3.8) is 0 Å². The van der Waals surface area contributed by atoms with Crippen molar-refractivity contribution in [2.45, 2.75) is 38.6 Å². The van der Waals surface area contributed by atoms with Crippen molar-refractivity contribution >= 4 is 22.4 Å². The van der Waals surface area contributed by atoms with E-state index in [0.717, 1.165) is 23.1 Å². The van der Waals surface area contributed by atoms with Gasteiger partial charge < -0.3 is 20.1 Å². The van der Waals surface area contributed by atoms with Crippen molar-refractivity contribution in [2.24, 2.45) is 5.73 Å². The minimum absolute atomic E-state index is 0.396. The Labute approximate surface area is 129 Å². The Morgan fingerprint density at radius 1 is 1.43 bits per heavy atom. The lowest BCUT2D eigenvalue weighted by Gasteiger charge is -2.25. The molecule has 6 nitrogen and oxygen atoms in total. The molecule has 0 saturated carbocycles. The highest BCUT2D eigenvalue weighted by Crippen LogP contribution is 2.33. The Hall–Kier alpha value is -1.34. The Morgan fingerprint density at radius 3 is 2.76 bits per heavy atom. The van der Waals surface area contributed by atoms with Gasteiger partial charge in [0.1, 0.15) is 6.04 Å². The van der Waals surface area contributed by atoms with Gasteiger partial charge in [0.2, 0.25) is 5.88 Å². The van der Waals surface area contributed by atoms with Crippen LogP contribution in [0.3, 0.4) is 0 Å². The molecule has 0 radical (unpaired) electrons. The smallest absolute Gasteiger partial charge is 0.323 e. The predicted octanol–water partition coefficient (Wildman–Crippen LogP) is 1.57. The molecule has 7 heteroatoms. The molecule has 0 amide bonds. The number of carbonyl (C=O) groups is 1. The number of piperidine rings is 1. The molecule has 0 bridgehead atoms. The first-order valence-electron chi connectivity index (χ1n) is 7.36. The van der Waals surface area contributed by atoms with Crippen molar-refractivity contribution in [3.8, 4) is 5.88 Å². The van der Waals surface area contributed by atoms with Gasteiger partial charge >= 0.3 is 5.97 Å². The lowest BCUT2D eigenvalue weighted by atomic mass is 10.1. The summed E-state index contributed by atoms with van der Waals surface area (Å²) in [6.45, 7) is 4.52. The third-order valence-corrected chi connectivity index (χ3v) is 4.59. The first-order chi connectivity index (χ1) is 10.2. The second kappa shape index (κ2) is 7.61. The van der Waals surface area contributed by atoms with Crippen LogP contribution in [0.4, 0.5) is 5.13 Å². The third kappa shape index (κ3) is 4.07. The van der Waals surface area contributed by atoms with Crippen molar-refractivity contribution in [2.75, 3.05) is 31.7 Å². The molecule has 0 aliphatic carbocycles. The largest absolute Gasteiger partial charge is 0.477 e. The zero-order chi connectivity index (χ0) is 15.2. The lowest BCUT2D eigenvalue weighted by Crippen LogP contribution is -2.33. The highest BCUT2D eigenvalue weighted by atomic mass is 32.1. The van der Waals surface area contributed by atoms with Crippen LogP contribution < -0.4 is 15.4 Å². The molecule has 21 heavy (non-hydrogen) atoms. The van der Waals surface area contributed by atoms with E-state index in [-0.39, 0.29) is 0 Å². The topological polar surface area (TPSA) is 77.7 Å². The van der Waals surface area contributed by atoms with Gasteiger partial charge in [-0.2, -0.15) is 4.98 Å². The number of rotatable bonds is 6. The average molecular weight is 313 g/mol. The van der Waals surface area contributed by atoms with Crippen LogP contribution in [0, 0.1) is 0 Å². The Bertz CT molecular complexity index is 472. The van der Waals surface area contributed by atoms with E-state index in [2.05, 4.69) is 14.6 Å². The van der Waals surface area contributed by atoms with Crippen molar-refractivity contribution < 1.29 is 14.3 Å². The van der Waals surface area contributed by atoms with Crippen molar-refractivity contribution in [1.29, 1.82) is 0 Å². The first-order valence-corrected chi connectivity index (χ1v) is 8.18. The summed E-state index contributed by atoms with van der Waals surface area (Å²) in [7, 11) is 1.34. The van der Waals surface area contributed by atoms with Crippen LogP contribution >= 0.6 is 11.3 Å². The van der Waals surface area contributed by atoms with Gasteiger partial charge in [0.15, 0.2) is 5.13 Å². The number of nitrogens with zero attached hydrogens (tertiary/aromatic N) is 2. The number of esters is 1. The molecule has 1 aromatic heterocycles. The molecule has 1 atom stereocenters. The molecule has 0 aromatic carbocycles. The van der Waals surface area contributed by atoms with E-state index in [1.807, 2.05) is 6.92 Å². The zero-order valence-electron chi connectivity index (χ0n) is 12.6. The van der Waals surface area contributed by atoms with E-state index in [1.165, 1.54) is 26.4 Å². The van der Waals surface area contributed by atoms with Crippen LogP contribution in [0.15, 0.2) is 0 Å². The maximum atomic E-state index is 11.5. The molecular weight excluding hydrogens is 290 g/mol. The standard InChI is InChI=1S/C14H23N3O3S/c1-3-20-12-11(9-10(15)13(18)19-2)21-14(16-12)17-7-5-4-6-8-17/h10H,3-9,15H2,1-2H3. The quantitative estimate of drug-likeness (QED) is 0.803. The molecule has 2 heterocycles. The lowest BCUT2D eigenvalue weighted by molar-refractivity contribution is -0.142. The minimum atomic E-state index is -0.677. The maximum absolute atomic E-state index is 11.5. The second-order valence-electron chi connectivity index (χ2n) is 5.04. The normalized spacial score (nSPS) is 16.6. The van der Waals surface area contributed by atoms with Crippen LogP contribution in [-0.4, -0.2) is 43.8 Å². The fourth-order valence-corrected chi connectivity index (χ4v) is 3.47. The predicted molar refractivity (Wildman–Crippen MR) is 83.0 cm³/mol. The number of carbonyl (C=O) groups excluding carboxylic acids is 1. The number of anilines is 1. The van der Waals surface area contributed by atoms with Crippen LogP contribution in [0.25, 0.3) is 0 Å². The monoisotopic (exact) mass is 313 g/mol. The average Bonchev–Trinajstić information content (AvgIpc) is 2.90. The van der Waals surface area contributed by atoms with E-state index < -0.39 is 12.0 Å². The van der Waals surface area contributed by atoms with Crippen molar-refractivity contribution in [1.82, 2.24) is 4.98 Å². The maximum Gasteiger partial charge on any atom is 0.323 e. The number of nitrogens with two attached hydrogens (primary N) is 1. The fourth-order valence-electron chi connectivity index (χ4n) is 2.36. The minimum Gasteiger partial charge on any atom is -0.477 e. The van der Waals surface area contributed by atoms with Gasteiger partial charge in [-0.05, 0) is 26.2 Å². The molecule has 0 spiro atoms. The number of methoxy groups -OCH3 is 1. The van der Waals surface area contributed by atoms with Gasteiger partial charge in [-0.1, -0.05) is 11.3 Å². The summed E-state index contributed by atoms with van der Waals surface area (Å²) in [5, 5.41) is 0.963. The zero-order valence-corrected chi connectivity index (χ0v) is 13.4. The van der Waals surface area contributed by atoms with Gasteiger partial charge in [0.05, 0.1) is 18.6 Å². The van der Waals surface area contributed by atoms with E-state index in [1.54, 1.807) is 11.3 Å². The summed E-state index contributed by atoms with van der Waals surface area (Å²) >= 11 is 1.56. The SMILES string of the molecule is CCOc1nc(N2CCCCC2)sc1CC(N)C(=O)OC. The van der Waals surface area contributed by atoms with Crippen LogP contribution in [0.2, 0.25) is 0 Å². The van der Waals surface area contributed by atoms with Gasteiger partial charge in [-0.3, -0.25) is 4.79 Å². The summed E-state index contributed by atoms with van der Waals surface area (Å²) in [5.41, 5.74) is 5.85. The van der Waals surface area contributed by atoms with Crippen LogP contribution in [0.1, 0.15) is 31.1 Å². The highest BCUT2D eigenvalue weighted by Gasteiger charge is 2.23. The summed E-state index contributed by atoms with van der Waals surface area (Å²) in [4.78, 5) is 19.2. The summed E-state index contributed by atoms with van der Waals surface area (Å²) < 4.78 is 10.3. The second-order valence-corrected chi connectivity index (χ2v) is 6.10. The number of hydrogen-bond acceptors (Lipinski definition) is 7. The molecule has 1 unspecified atom stereocenters. The first kappa shape index (κ1) is 16.0. The van der Waals surface area contributed by atoms with E-state index in [4.69, 9.17) is 10.5 Å². The molecule has 1 saturated heterocycles. The van der Waals surface area contributed by atoms with Crippen LogP contribution in [0.5, 0.6) is 5.88 Å². The molecule has 2 N–H and O–H groups in total. The summed E-state index contributed by atoms with van der Waals surface area (Å²) in [6.07, 6.45) is 4.06. The summed E-state index contributed by atoms with van der Waals surface area (Å²) in [5.74, 6) is 0.188. The molecule has 2 rings (SSSR count). The fraction of sp³-hybridized carbons (Fsp3) is 0.714. The van der Waals surface area contributed by atoms with Crippen LogP contribution in [-0.2, 0) is 16.0 Å². The van der Waals surface area contributed by atoms with Gasteiger partial charge in [-0.25, -0.2) is 0 Å². The Balaban J connectivity index is 2.14. The molecule has 1 aliphatic rings. The Morgan fingerprint density at radius 2 is 2.14 bits per heavy atom. The van der Waals surface area contributed by atoms with Gasteiger partial charge in [0, 0.05) is 19.5 Å². The highest BCUT2D eigenvalue weighted by molar-refractivity contribution is 7.15. The van der Waals surface area contributed by atoms with E-state index in [9.17, 15) is 4.79 Å². The van der Waals surface area contributed by atoms with Gasteiger partial charge in [-0.15, -0.1) is 0 Å². The summed E-state index contributed by atoms with van der Waals surface area (Å²) in [6, 6.07) is -0.677. The van der Waals surface area contributed by atoms with E-state index >= 15 is 0 Å². The number of ether oxygens (including phenoxy) is 2.